The third-order valence-electron chi connectivity index (χ3n) is 4.40. The van der Waals surface area contributed by atoms with Crippen molar-refractivity contribution in [3.8, 4) is 5.75 Å². The number of nitro benzene ring substituents is 1. The van der Waals surface area contributed by atoms with E-state index in [-0.39, 0.29) is 23.1 Å². The van der Waals surface area contributed by atoms with Crippen LogP contribution < -0.4 is 4.74 Å². The van der Waals surface area contributed by atoms with Crippen molar-refractivity contribution in [1.29, 1.82) is 0 Å². The van der Waals surface area contributed by atoms with E-state index in [9.17, 15) is 14.9 Å². The van der Waals surface area contributed by atoms with E-state index in [1.54, 1.807) is 11.0 Å². The second kappa shape index (κ2) is 7.74. The summed E-state index contributed by atoms with van der Waals surface area (Å²) in [6.07, 6.45) is 0.509. The van der Waals surface area contributed by atoms with Gasteiger partial charge in [-0.05, 0) is 44.2 Å². The van der Waals surface area contributed by atoms with E-state index in [2.05, 4.69) is 0 Å². The number of hydrogen-bond acceptors (Lipinski definition) is 5. The molecule has 1 aliphatic heterocycles. The molecular formula is C20H30N2O5. The number of hydrogen-bond donors (Lipinski definition) is 0. The number of non-ortho nitro benzene ring substituents is 1. The van der Waals surface area contributed by atoms with Gasteiger partial charge in [0.05, 0.1) is 17.6 Å². The second-order valence-corrected chi connectivity index (χ2v) is 9.08. The lowest BCUT2D eigenvalue weighted by Crippen LogP contribution is -2.35. The van der Waals surface area contributed by atoms with Crippen LogP contribution in [-0.4, -0.2) is 41.2 Å². The van der Waals surface area contributed by atoms with Crippen molar-refractivity contribution >= 4 is 11.8 Å². The average molecular weight is 378 g/mol. The van der Waals surface area contributed by atoms with Crippen LogP contribution >= 0.6 is 0 Å². The van der Waals surface area contributed by atoms with E-state index in [4.69, 9.17) is 9.47 Å². The van der Waals surface area contributed by atoms with Gasteiger partial charge in [-0.3, -0.25) is 10.1 Å². The maximum Gasteiger partial charge on any atom is 0.410 e. The van der Waals surface area contributed by atoms with Crippen LogP contribution in [0.3, 0.4) is 0 Å². The Labute approximate surface area is 160 Å². The smallest absolute Gasteiger partial charge is 0.410 e. The lowest BCUT2D eigenvalue weighted by Gasteiger charge is -2.25. The van der Waals surface area contributed by atoms with Crippen molar-refractivity contribution in [3.05, 3.63) is 33.9 Å². The summed E-state index contributed by atoms with van der Waals surface area (Å²) in [4.78, 5) is 24.5. The molecule has 1 heterocycles. The van der Waals surface area contributed by atoms with Gasteiger partial charge in [-0.1, -0.05) is 20.8 Å². The van der Waals surface area contributed by atoms with Crippen molar-refractivity contribution in [2.45, 2.75) is 59.0 Å². The molecule has 7 nitrogen and oxygen atoms in total. The molecule has 1 fully saturated rings. The van der Waals surface area contributed by atoms with Gasteiger partial charge >= 0.3 is 6.09 Å². The maximum atomic E-state index is 12.2. The van der Waals surface area contributed by atoms with Gasteiger partial charge in [-0.25, -0.2) is 4.79 Å². The van der Waals surface area contributed by atoms with Crippen LogP contribution in [0.25, 0.3) is 0 Å². The number of carbonyl (C=O) groups excluding carboxylic acids is 1. The summed E-state index contributed by atoms with van der Waals surface area (Å²) < 4.78 is 11.4. The SMILES string of the molecule is CC(C)(C)OC(=O)N1CC[C@H](COc2cc([N+](=O)[O-])ccc2C(C)(C)C)C1. The minimum atomic E-state index is -0.518. The van der Waals surface area contributed by atoms with Crippen molar-refractivity contribution < 1.29 is 19.2 Å². The zero-order valence-electron chi connectivity index (χ0n) is 17.1. The Morgan fingerprint density at radius 3 is 2.48 bits per heavy atom. The van der Waals surface area contributed by atoms with Gasteiger partial charge in [0.25, 0.3) is 5.69 Å². The van der Waals surface area contributed by atoms with Crippen molar-refractivity contribution in [2.75, 3.05) is 19.7 Å². The molecule has 0 aromatic heterocycles. The van der Waals surface area contributed by atoms with E-state index in [0.29, 0.717) is 25.4 Å². The van der Waals surface area contributed by atoms with Gasteiger partial charge in [0.2, 0.25) is 0 Å². The van der Waals surface area contributed by atoms with Crippen molar-refractivity contribution in [3.63, 3.8) is 0 Å². The number of ether oxygens (including phenoxy) is 2. The van der Waals surface area contributed by atoms with Gasteiger partial charge in [-0.15, -0.1) is 0 Å². The Morgan fingerprint density at radius 1 is 1.26 bits per heavy atom. The minimum Gasteiger partial charge on any atom is -0.493 e. The molecule has 0 radical (unpaired) electrons. The summed E-state index contributed by atoms with van der Waals surface area (Å²) in [6, 6.07) is 4.75. The van der Waals surface area contributed by atoms with Crippen LogP contribution in [0.15, 0.2) is 18.2 Å². The number of rotatable bonds is 4. The standard InChI is InChI=1S/C20H30N2O5/c1-19(2,3)16-8-7-15(22(24)25)11-17(16)26-13-14-9-10-21(12-14)18(23)27-20(4,5)6/h7-8,11,14H,9-10,12-13H2,1-6H3/t14-/m0/s1. The molecule has 0 N–H and O–H groups in total. The first-order chi connectivity index (χ1) is 12.4. The fourth-order valence-corrected chi connectivity index (χ4v) is 3.03. The molecule has 1 atom stereocenters. The number of amides is 1. The van der Waals surface area contributed by atoms with Crippen molar-refractivity contribution in [2.24, 2.45) is 5.92 Å². The quantitative estimate of drug-likeness (QED) is 0.568. The second-order valence-electron chi connectivity index (χ2n) is 9.08. The van der Waals surface area contributed by atoms with Crippen LogP contribution in [-0.2, 0) is 10.2 Å². The van der Waals surface area contributed by atoms with Crippen LogP contribution in [0.5, 0.6) is 5.75 Å². The summed E-state index contributed by atoms with van der Waals surface area (Å²) in [7, 11) is 0. The molecule has 150 valence electrons. The van der Waals surface area contributed by atoms with Gasteiger partial charge in [-0.2, -0.15) is 0 Å². The number of likely N-dealkylation sites (tertiary alicyclic amines) is 1. The Hall–Kier alpha value is -2.31. The Bertz CT molecular complexity index is 703. The van der Waals surface area contributed by atoms with E-state index in [1.807, 2.05) is 41.5 Å². The summed E-state index contributed by atoms with van der Waals surface area (Å²) >= 11 is 0. The Kier molecular flexibility index (Phi) is 6.02. The molecule has 0 bridgehead atoms. The largest absolute Gasteiger partial charge is 0.493 e. The molecular weight excluding hydrogens is 348 g/mol. The molecule has 0 saturated carbocycles. The van der Waals surface area contributed by atoms with Crippen LogP contribution in [0.1, 0.15) is 53.5 Å². The van der Waals surface area contributed by atoms with E-state index >= 15 is 0 Å². The fraction of sp³-hybridized carbons (Fsp3) is 0.650. The number of carbonyl (C=O) groups is 1. The molecule has 1 aromatic carbocycles. The van der Waals surface area contributed by atoms with Crippen LogP contribution in [0.4, 0.5) is 10.5 Å². The minimum absolute atomic E-state index is 0.0137. The summed E-state index contributed by atoms with van der Waals surface area (Å²) in [6.45, 7) is 13.3. The molecule has 1 aromatic rings. The Balaban J connectivity index is 2.03. The monoisotopic (exact) mass is 378 g/mol. The highest BCUT2D eigenvalue weighted by atomic mass is 16.6. The summed E-state index contributed by atoms with van der Waals surface area (Å²) in [5.74, 6) is 0.706. The summed E-state index contributed by atoms with van der Waals surface area (Å²) in [5, 5.41) is 11.1. The third-order valence-corrected chi connectivity index (χ3v) is 4.40. The highest BCUT2D eigenvalue weighted by Crippen LogP contribution is 2.34. The van der Waals surface area contributed by atoms with E-state index < -0.39 is 10.5 Å². The number of benzene rings is 1. The van der Waals surface area contributed by atoms with Gasteiger partial charge in [0.15, 0.2) is 0 Å². The molecule has 1 aliphatic rings. The van der Waals surface area contributed by atoms with E-state index in [0.717, 1.165) is 12.0 Å². The average Bonchev–Trinajstić information content (AvgIpc) is 2.99. The summed E-state index contributed by atoms with van der Waals surface area (Å²) in [5.41, 5.74) is 0.230. The highest BCUT2D eigenvalue weighted by molar-refractivity contribution is 5.68. The first-order valence-corrected chi connectivity index (χ1v) is 9.26. The Morgan fingerprint density at radius 2 is 1.93 bits per heavy atom. The fourth-order valence-electron chi connectivity index (χ4n) is 3.03. The molecule has 0 unspecified atom stereocenters. The highest BCUT2D eigenvalue weighted by Gasteiger charge is 2.30. The zero-order valence-corrected chi connectivity index (χ0v) is 17.1. The molecule has 27 heavy (non-hydrogen) atoms. The first kappa shape index (κ1) is 21.0. The third kappa shape index (κ3) is 5.84. The molecule has 1 saturated heterocycles. The molecule has 0 spiro atoms. The number of nitro groups is 1. The normalized spacial score (nSPS) is 17.7. The topological polar surface area (TPSA) is 81.9 Å². The van der Waals surface area contributed by atoms with E-state index in [1.165, 1.54) is 12.1 Å². The van der Waals surface area contributed by atoms with Crippen molar-refractivity contribution in [1.82, 2.24) is 4.90 Å². The van der Waals surface area contributed by atoms with Crippen LogP contribution in [0.2, 0.25) is 0 Å². The first-order valence-electron chi connectivity index (χ1n) is 9.26. The number of nitrogens with zero attached hydrogens (tertiary/aromatic N) is 2. The van der Waals surface area contributed by atoms with Gasteiger partial charge in [0.1, 0.15) is 11.4 Å². The predicted octanol–water partition coefficient (Wildman–Crippen LogP) is 4.53. The zero-order chi connectivity index (χ0) is 20.4. The van der Waals surface area contributed by atoms with Crippen LogP contribution in [0, 0.1) is 16.0 Å². The molecule has 0 aliphatic carbocycles. The van der Waals surface area contributed by atoms with Gasteiger partial charge in [0, 0.05) is 25.1 Å². The lowest BCUT2D eigenvalue weighted by atomic mass is 9.86. The molecule has 7 heteroatoms. The molecule has 1 amide bonds. The lowest BCUT2D eigenvalue weighted by molar-refractivity contribution is -0.385. The predicted molar refractivity (Wildman–Crippen MR) is 103 cm³/mol. The van der Waals surface area contributed by atoms with Gasteiger partial charge < -0.3 is 14.4 Å². The maximum absolute atomic E-state index is 12.2. The molecule has 2 rings (SSSR count).